The quantitative estimate of drug-likeness (QED) is 0.658. The van der Waals surface area contributed by atoms with E-state index in [9.17, 15) is 5.26 Å². The molecule has 1 fully saturated rings. The van der Waals surface area contributed by atoms with E-state index >= 15 is 0 Å². The molecule has 19 heavy (non-hydrogen) atoms. The van der Waals surface area contributed by atoms with E-state index in [4.69, 9.17) is 0 Å². The van der Waals surface area contributed by atoms with Gasteiger partial charge in [-0.2, -0.15) is 5.26 Å². The minimum absolute atomic E-state index is 0.324. The van der Waals surface area contributed by atoms with E-state index < -0.39 is 0 Å². The predicted molar refractivity (Wildman–Crippen MR) is 81.0 cm³/mol. The molecule has 0 radical (unpaired) electrons. The lowest BCUT2D eigenvalue weighted by Crippen LogP contribution is -2.47. The molecule has 1 aliphatic carbocycles. The Morgan fingerprint density at radius 1 is 1.32 bits per heavy atom. The smallest absolute Gasteiger partial charge is 0.106 e. The van der Waals surface area contributed by atoms with Crippen LogP contribution in [0.4, 0.5) is 0 Å². The van der Waals surface area contributed by atoms with Gasteiger partial charge in [0.2, 0.25) is 0 Å². The Hall–Kier alpha value is -0.590. The second kappa shape index (κ2) is 7.87. The van der Waals surface area contributed by atoms with Crippen LogP contribution in [0.15, 0.2) is 0 Å². The van der Waals surface area contributed by atoms with E-state index in [1.165, 1.54) is 25.8 Å². The molecule has 0 amide bonds. The molecular formula is C16H31N3. The van der Waals surface area contributed by atoms with Crippen LogP contribution >= 0.6 is 0 Å². The molecule has 1 aliphatic rings. The lowest BCUT2D eigenvalue weighted by atomic mass is 9.91. The first-order valence-corrected chi connectivity index (χ1v) is 8.00. The van der Waals surface area contributed by atoms with Crippen molar-refractivity contribution in [2.45, 2.75) is 83.8 Å². The van der Waals surface area contributed by atoms with E-state index in [1.54, 1.807) is 0 Å². The van der Waals surface area contributed by atoms with Crippen LogP contribution < -0.4 is 5.32 Å². The highest BCUT2D eigenvalue weighted by molar-refractivity contribution is 5.07. The minimum atomic E-state index is -0.324. The summed E-state index contributed by atoms with van der Waals surface area (Å²) >= 11 is 0. The number of nitrogens with one attached hydrogen (secondary N) is 1. The van der Waals surface area contributed by atoms with Gasteiger partial charge in [-0.05, 0) is 65.5 Å². The Labute approximate surface area is 119 Å². The van der Waals surface area contributed by atoms with Crippen molar-refractivity contribution >= 4 is 0 Å². The SMILES string of the molecule is CCCN(CCCC(C#N)(CC)NC(C)C)C1CC1. The van der Waals surface area contributed by atoms with Crippen molar-refractivity contribution in [2.75, 3.05) is 13.1 Å². The third-order valence-corrected chi connectivity index (χ3v) is 4.01. The van der Waals surface area contributed by atoms with Gasteiger partial charge in [0.05, 0.1) is 6.07 Å². The zero-order valence-electron chi connectivity index (χ0n) is 13.2. The summed E-state index contributed by atoms with van der Waals surface area (Å²) in [5.41, 5.74) is -0.324. The Kier molecular flexibility index (Phi) is 6.82. The fourth-order valence-electron chi connectivity index (χ4n) is 2.86. The molecule has 3 heteroatoms. The van der Waals surface area contributed by atoms with Gasteiger partial charge in [0.25, 0.3) is 0 Å². The number of rotatable bonds is 10. The van der Waals surface area contributed by atoms with Crippen molar-refractivity contribution in [2.24, 2.45) is 0 Å². The van der Waals surface area contributed by atoms with Crippen molar-refractivity contribution in [1.29, 1.82) is 5.26 Å². The molecular weight excluding hydrogens is 234 g/mol. The maximum absolute atomic E-state index is 9.49. The summed E-state index contributed by atoms with van der Waals surface area (Å²) in [7, 11) is 0. The summed E-state index contributed by atoms with van der Waals surface area (Å²) in [5, 5.41) is 13.0. The van der Waals surface area contributed by atoms with Crippen molar-refractivity contribution in [1.82, 2.24) is 10.2 Å². The van der Waals surface area contributed by atoms with Gasteiger partial charge >= 0.3 is 0 Å². The predicted octanol–water partition coefficient (Wildman–Crippen LogP) is 3.31. The molecule has 0 aromatic heterocycles. The third kappa shape index (κ3) is 5.50. The molecule has 1 unspecified atom stereocenters. The Bertz CT molecular complexity index is 291. The van der Waals surface area contributed by atoms with Gasteiger partial charge in [-0.15, -0.1) is 0 Å². The standard InChI is InChI=1S/C16H31N3/c1-5-11-19(15-8-9-15)12-7-10-16(6-2,13-17)18-14(3)4/h14-15,18H,5-12H2,1-4H3. The van der Waals surface area contributed by atoms with Crippen molar-refractivity contribution < 1.29 is 0 Å². The molecule has 0 aromatic rings. The molecule has 0 heterocycles. The van der Waals surface area contributed by atoms with Crippen LogP contribution in [-0.2, 0) is 0 Å². The highest BCUT2D eigenvalue weighted by Crippen LogP contribution is 2.28. The van der Waals surface area contributed by atoms with E-state index in [1.807, 2.05) is 0 Å². The largest absolute Gasteiger partial charge is 0.300 e. The Morgan fingerprint density at radius 2 is 2.00 bits per heavy atom. The number of nitriles is 1. The van der Waals surface area contributed by atoms with Crippen LogP contribution in [-0.4, -0.2) is 35.6 Å². The Morgan fingerprint density at radius 3 is 2.42 bits per heavy atom. The first-order chi connectivity index (χ1) is 9.06. The van der Waals surface area contributed by atoms with Crippen LogP contribution in [0, 0.1) is 11.3 Å². The summed E-state index contributed by atoms with van der Waals surface area (Å²) in [6, 6.07) is 3.73. The van der Waals surface area contributed by atoms with Gasteiger partial charge in [0.15, 0.2) is 0 Å². The summed E-state index contributed by atoms with van der Waals surface area (Å²) in [6.07, 6.45) is 6.96. The monoisotopic (exact) mass is 265 g/mol. The van der Waals surface area contributed by atoms with E-state index in [0.717, 1.165) is 31.8 Å². The molecule has 1 saturated carbocycles. The Balaban J connectivity index is 2.40. The lowest BCUT2D eigenvalue weighted by Gasteiger charge is -2.30. The number of hydrogen-bond donors (Lipinski definition) is 1. The zero-order valence-corrected chi connectivity index (χ0v) is 13.2. The summed E-state index contributed by atoms with van der Waals surface area (Å²) in [6.45, 7) is 11.0. The molecule has 1 rings (SSSR count). The van der Waals surface area contributed by atoms with Gasteiger partial charge in [-0.25, -0.2) is 0 Å². The zero-order chi connectivity index (χ0) is 14.3. The second-order valence-corrected chi connectivity index (χ2v) is 6.22. The average molecular weight is 265 g/mol. The fourth-order valence-corrected chi connectivity index (χ4v) is 2.86. The van der Waals surface area contributed by atoms with E-state index in [2.05, 4.69) is 44.0 Å². The van der Waals surface area contributed by atoms with Gasteiger partial charge in [-0.1, -0.05) is 13.8 Å². The topological polar surface area (TPSA) is 39.1 Å². The fraction of sp³-hybridized carbons (Fsp3) is 0.938. The van der Waals surface area contributed by atoms with Crippen molar-refractivity contribution in [3.05, 3.63) is 0 Å². The van der Waals surface area contributed by atoms with Crippen molar-refractivity contribution in [3.63, 3.8) is 0 Å². The summed E-state index contributed by atoms with van der Waals surface area (Å²) in [5.74, 6) is 0. The minimum Gasteiger partial charge on any atom is -0.300 e. The molecule has 1 atom stereocenters. The van der Waals surface area contributed by atoms with Crippen molar-refractivity contribution in [3.8, 4) is 6.07 Å². The summed E-state index contributed by atoms with van der Waals surface area (Å²) in [4.78, 5) is 2.62. The highest BCUT2D eigenvalue weighted by Gasteiger charge is 2.31. The molecule has 0 aliphatic heterocycles. The highest BCUT2D eigenvalue weighted by atomic mass is 15.2. The number of nitrogens with zero attached hydrogens (tertiary/aromatic N) is 2. The normalized spacial score (nSPS) is 18.6. The summed E-state index contributed by atoms with van der Waals surface area (Å²) < 4.78 is 0. The first kappa shape index (κ1) is 16.5. The van der Waals surface area contributed by atoms with E-state index in [0.29, 0.717) is 6.04 Å². The number of hydrogen-bond acceptors (Lipinski definition) is 3. The van der Waals surface area contributed by atoms with Gasteiger partial charge in [-0.3, -0.25) is 5.32 Å². The van der Waals surface area contributed by atoms with Crippen LogP contribution in [0.1, 0.15) is 66.2 Å². The maximum Gasteiger partial charge on any atom is 0.106 e. The molecule has 0 spiro atoms. The molecule has 3 nitrogen and oxygen atoms in total. The average Bonchev–Trinajstić information content (AvgIpc) is 3.20. The third-order valence-electron chi connectivity index (χ3n) is 4.01. The van der Waals surface area contributed by atoms with Gasteiger partial charge < -0.3 is 4.90 Å². The van der Waals surface area contributed by atoms with Gasteiger partial charge in [0.1, 0.15) is 5.54 Å². The van der Waals surface area contributed by atoms with E-state index in [-0.39, 0.29) is 5.54 Å². The van der Waals surface area contributed by atoms with Crippen LogP contribution in [0.2, 0.25) is 0 Å². The molecule has 110 valence electrons. The van der Waals surface area contributed by atoms with Crippen LogP contribution in [0.5, 0.6) is 0 Å². The molecule has 0 saturated heterocycles. The molecule has 1 N–H and O–H groups in total. The molecule has 0 aromatic carbocycles. The lowest BCUT2D eigenvalue weighted by molar-refractivity contribution is 0.241. The molecule has 0 bridgehead atoms. The van der Waals surface area contributed by atoms with Crippen LogP contribution in [0.25, 0.3) is 0 Å². The second-order valence-electron chi connectivity index (χ2n) is 6.22. The maximum atomic E-state index is 9.49. The van der Waals surface area contributed by atoms with Crippen LogP contribution in [0.3, 0.4) is 0 Å². The first-order valence-electron chi connectivity index (χ1n) is 8.00. The van der Waals surface area contributed by atoms with Gasteiger partial charge in [0, 0.05) is 12.1 Å².